The summed E-state index contributed by atoms with van der Waals surface area (Å²) in [6.07, 6.45) is 5.89. The molecule has 0 atom stereocenters. The maximum atomic E-state index is 10.9. The number of nitro groups is 1. The summed E-state index contributed by atoms with van der Waals surface area (Å²) in [5.74, 6) is 0. The number of hydrogen-bond acceptors (Lipinski definition) is 4. The second-order valence-corrected chi connectivity index (χ2v) is 6.13. The Hall–Kier alpha value is -1.23. The maximum Gasteiger partial charge on any atom is 0.274 e. The Labute approximate surface area is 111 Å². The van der Waals surface area contributed by atoms with E-state index in [-0.39, 0.29) is 10.6 Å². The smallest absolute Gasteiger partial charge is 0.274 e. The van der Waals surface area contributed by atoms with Gasteiger partial charge < -0.3 is 5.32 Å². The fourth-order valence-electron chi connectivity index (χ4n) is 2.20. The van der Waals surface area contributed by atoms with Crippen LogP contribution in [0.25, 0.3) is 0 Å². The normalized spacial score (nSPS) is 17.0. The summed E-state index contributed by atoms with van der Waals surface area (Å²) in [5.41, 5.74) is 1.73. The van der Waals surface area contributed by atoms with Gasteiger partial charge in [-0.15, -0.1) is 0 Å². The van der Waals surface area contributed by atoms with E-state index in [2.05, 4.69) is 11.6 Å². The van der Waals surface area contributed by atoms with Gasteiger partial charge in [-0.2, -0.15) is 11.8 Å². The van der Waals surface area contributed by atoms with Crippen molar-refractivity contribution in [2.24, 2.45) is 0 Å². The van der Waals surface area contributed by atoms with E-state index in [0.717, 1.165) is 12.2 Å². The summed E-state index contributed by atoms with van der Waals surface area (Å²) in [5, 5.41) is 14.2. The van der Waals surface area contributed by atoms with Crippen molar-refractivity contribution in [2.45, 2.75) is 30.9 Å². The fourth-order valence-corrected chi connectivity index (χ4v) is 3.12. The third kappa shape index (κ3) is 2.61. The van der Waals surface area contributed by atoms with Crippen molar-refractivity contribution >= 4 is 23.1 Å². The lowest BCUT2D eigenvalue weighted by molar-refractivity contribution is -0.385. The number of thioether (sulfide) groups is 1. The number of rotatable bonds is 5. The summed E-state index contributed by atoms with van der Waals surface area (Å²) in [6.45, 7) is 2.64. The first-order chi connectivity index (χ1) is 8.56. The molecule has 1 aliphatic carbocycles. The van der Waals surface area contributed by atoms with Gasteiger partial charge in [-0.1, -0.05) is 12.5 Å². The Balaban J connectivity index is 2.06. The first-order valence-corrected chi connectivity index (χ1v) is 7.33. The third-order valence-corrected chi connectivity index (χ3v) is 5.14. The van der Waals surface area contributed by atoms with Crippen molar-refractivity contribution in [1.82, 2.24) is 0 Å². The number of nitro benzene ring substituents is 1. The van der Waals surface area contributed by atoms with E-state index in [1.165, 1.54) is 19.3 Å². The molecule has 1 N–H and O–H groups in total. The van der Waals surface area contributed by atoms with Crippen LogP contribution in [0, 0.1) is 17.0 Å². The van der Waals surface area contributed by atoms with Crippen LogP contribution in [0.3, 0.4) is 0 Å². The van der Waals surface area contributed by atoms with Crippen LogP contribution in [-0.4, -0.2) is 22.5 Å². The Kier molecular flexibility index (Phi) is 3.80. The molecule has 0 bridgehead atoms. The fraction of sp³-hybridized carbons (Fsp3) is 0.538. The molecule has 2 rings (SSSR count). The lowest BCUT2D eigenvalue weighted by Gasteiger charge is -2.40. The van der Waals surface area contributed by atoms with E-state index in [9.17, 15) is 10.1 Å². The van der Waals surface area contributed by atoms with Gasteiger partial charge in [0.25, 0.3) is 5.69 Å². The van der Waals surface area contributed by atoms with E-state index in [1.807, 2.05) is 17.8 Å². The molecule has 0 spiro atoms. The quantitative estimate of drug-likeness (QED) is 0.653. The minimum Gasteiger partial charge on any atom is -0.383 e. The van der Waals surface area contributed by atoms with E-state index in [0.29, 0.717) is 10.3 Å². The monoisotopic (exact) mass is 266 g/mol. The van der Waals surface area contributed by atoms with Crippen LogP contribution in [0.1, 0.15) is 24.8 Å². The lowest BCUT2D eigenvalue weighted by atomic mass is 9.84. The van der Waals surface area contributed by atoms with Crippen molar-refractivity contribution in [3.05, 3.63) is 33.9 Å². The van der Waals surface area contributed by atoms with Crippen molar-refractivity contribution in [3.8, 4) is 0 Å². The van der Waals surface area contributed by atoms with Gasteiger partial charge in [0.2, 0.25) is 0 Å². The zero-order chi connectivity index (χ0) is 13.2. The van der Waals surface area contributed by atoms with Crippen molar-refractivity contribution in [2.75, 3.05) is 18.1 Å². The van der Waals surface area contributed by atoms with Gasteiger partial charge in [0.05, 0.1) is 4.92 Å². The van der Waals surface area contributed by atoms with Gasteiger partial charge >= 0.3 is 0 Å². The molecular weight excluding hydrogens is 248 g/mol. The van der Waals surface area contributed by atoms with Crippen LogP contribution < -0.4 is 5.32 Å². The first kappa shape index (κ1) is 13.2. The second kappa shape index (κ2) is 5.18. The molecule has 18 heavy (non-hydrogen) atoms. The molecule has 1 saturated carbocycles. The Morgan fingerprint density at radius 2 is 2.22 bits per heavy atom. The van der Waals surface area contributed by atoms with Crippen LogP contribution >= 0.6 is 11.8 Å². The number of benzene rings is 1. The topological polar surface area (TPSA) is 55.2 Å². The van der Waals surface area contributed by atoms with Crippen LogP contribution in [0.4, 0.5) is 11.4 Å². The van der Waals surface area contributed by atoms with E-state index in [1.54, 1.807) is 19.1 Å². The Morgan fingerprint density at radius 1 is 1.50 bits per heavy atom. The van der Waals surface area contributed by atoms with Crippen molar-refractivity contribution in [3.63, 3.8) is 0 Å². The van der Waals surface area contributed by atoms with E-state index < -0.39 is 0 Å². The molecule has 0 heterocycles. The first-order valence-electron chi connectivity index (χ1n) is 6.10. The molecule has 5 heteroatoms. The highest BCUT2D eigenvalue weighted by molar-refractivity contribution is 8.00. The summed E-state index contributed by atoms with van der Waals surface area (Å²) >= 11 is 1.90. The Bertz CT molecular complexity index is 453. The predicted octanol–water partition coefficient (Wildman–Crippen LogP) is 3.60. The van der Waals surface area contributed by atoms with Crippen molar-refractivity contribution in [1.29, 1.82) is 0 Å². The molecule has 1 fully saturated rings. The number of hydrogen-bond donors (Lipinski definition) is 1. The minimum atomic E-state index is -0.325. The molecule has 1 aromatic carbocycles. The predicted molar refractivity (Wildman–Crippen MR) is 76.4 cm³/mol. The van der Waals surface area contributed by atoms with Gasteiger partial charge in [0.15, 0.2) is 0 Å². The summed E-state index contributed by atoms with van der Waals surface area (Å²) < 4.78 is 0.333. The third-order valence-electron chi connectivity index (χ3n) is 3.72. The highest BCUT2D eigenvalue weighted by Gasteiger charge is 2.35. The van der Waals surface area contributed by atoms with Gasteiger partial charge in [-0.25, -0.2) is 0 Å². The average Bonchev–Trinajstić information content (AvgIpc) is 2.30. The molecule has 98 valence electrons. The lowest BCUT2D eigenvalue weighted by Crippen LogP contribution is -2.40. The Morgan fingerprint density at radius 3 is 2.72 bits per heavy atom. The van der Waals surface area contributed by atoms with Gasteiger partial charge in [0, 0.05) is 28.6 Å². The minimum absolute atomic E-state index is 0.187. The average molecular weight is 266 g/mol. The highest BCUT2D eigenvalue weighted by atomic mass is 32.2. The number of aryl methyl sites for hydroxylation is 1. The standard InChI is InChI=1S/C13H18N2O2S/c1-10-4-5-11(8-12(10)15(16)17)14-9-13(18-2)6-3-7-13/h4-5,8,14H,3,6-7,9H2,1-2H3. The highest BCUT2D eigenvalue weighted by Crippen LogP contribution is 2.42. The van der Waals surface area contributed by atoms with Crippen LogP contribution in [0.2, 0.25) is 0 Å². The molecule has 1 aliphatic rings. The molecule has 0 aromatic heterocycles. The maximum absolute atomic E-state index is 10.9. The van der Waals surface area contributed by atoms with E-state index >= 15 is 0 Å². The zero-order valence-corrected chi connectivity index (χ0v) is 11.5. The molecule has 1 aromatic rings. The van der Waals surface area contributed by atoms with Crippen molar-refractivity contribution < 1.29 is 4.92 Å². The molecule has 0 aliphatic heterocycles. The second-order valence-electron chi connectivity index (χ2n) is 4.85. The van der Waals surface area contributed by atoms with E-state index in [4.69, 9.17) is 0 Å². The number of nitrogens with one attached hydrogen (secondary N) is 1. The van der Waals surface area contributed by atoms with Crippen LogP contribution in [0.5, 0.6) is 0 Å². The SMILES string of the molecule is CSC1(CNc2ccc(C)c([N+](=O)[O-])c2)CCC1. The molecule has 0 saturated heterocycles. The summed E-state index contributed by atoms with van der Waals surface area (Å²) in [4.78, 5) is 10.5. The van der Waals surface area contributed by atoms with Gasteiger partial charge in [-0.3, -0.25) is 10.1 Å². The molecule has 0 unspecified atom stereocenters. The molecular formula is C13H18N2O2S. The molecule has 4 nitrogen and oxygen atoms in total. The van der Waals surface area contributed by atoms with Gasteiger partial charge in [0.1, 0.15) is 0 Å². The zero-order valence-electron chi connectivity index (χ0n) is 10.7. The number of anilines is 1. The van der Waals surface area contributed by atoms with Gasteiger partial charge in [-0.05, 0) is 32.1 Å². The number of nitrogens with zero attached hydrogens (tertiary/aromatic N) is 1. The molecule has 0 amide bonds. The summed E-state index contributed by atoms with van der Waals surface area (Å²) in [7, 11) is 0. The van der Waals surface area contributed by atoms with Crippen LogP contribution in [0.15, 0.2) is 18.2 Å². The molecule has 0 radical (unpaired) electrons. The largest absolute Gasteiger partial charge is 0.383 e. The summed E-state index contributed by atoms with van der Waals surface area (Å²) in [6, 6.07) is 5.34. The van der Waals surface area contributed by atoms with Crippen LogP contribution in [-0.2, 0) is 0 Å².